The van der Waals surface area contributed by atoms with E-state index in [1.807, 2.05) is 26.2 Å². The summed E-state index contributed by atoms with van der Waals surface area (Å²) in [7, 11) is -3.45. The first-order valence-corrected chi connectivity index (χ1v) is 10.2. The zero-order valence-electron chi connectivity index (χ0n) is 14.2. The smallest absolute Gasteiger partial charge is 0.244 e. The minimum absolute atomic E-state index is 0.110. The molecule has 0 aliphatic rings. The van der Waals surface area contributed by atoms with Crippen molar-refractivity contribution < 1.29 is 12.9 Å². The second kappa shape index (κ2) is 6.68. The summed E-state index contributed by atoms with van der Waals surface area (Å²) < 4.78 is 30.3. The monoisotopic (exact) mass is 357 g/mol. The molecule has 0 fully saturated rings. The third-order valence-electron chi connectivity index (χ3n) is 3.41. The Bertz CT molecular complexity index is 757. The molecule has 1 atom stereocenters. The fraction of sp³-hybridized carbons (Fsp3) is 0.667. The van der Waals surface area contributed by atoms with Gasteiger partial charge in [-0.2, -0.15) is 4.98 Å². The highest BCUT2D eigenvalue weighted by Crippen LogP contribution is 2.27. The molecule has 0 amide bonds. The summed E-state index contributed by atoms with van der Waals surface area (Å²) in [4.78, 5) is 8.63. The van der Waals surface area contributed by atoms with Crippen molar-refractivity contribution in [3.05, 3.63) is 27.8 Å². The second-order valence-corrected chi connectivity index (χ2v) is 9.90. The van der Waals surface area contributed by atoms with E-state index in [-0.39, 0.29) is 17.1 Å². The molecule has 0 radical (unpaired) electrons. The molecule has 2 aromatic rings. The number of aryl methyl sites for hydroxylation is 1. The fourth-order valence-electron chi connectivity index (χ4n) is 1.93. The molecule has 0 bridgehead atoms. The Labute approximate surface area is 141 Å². The molecule has 0 aromatic carbocycles. The highest BCUT2D eigenvalue weighted by atomic mass is 32.2. The van der Waals surface area contributed by atoms with Crippen LogP contribution in [-0.4, -0.2) is 23.5 Å². The van der Waals surface area contributed by atoms with Gasteiger partial charge in [-0.05, 0) is 19.8 Å². The SMILES string of the molecule is CCCc1nc(CS(=O)(=O)C(C)c2nc(C(C)(C)C)no2)cs1. The molecular weight excluding hydrogens is 334 g/mol. The lowest BCUT2D eigenvalue weighted by Gasteiger charge is -2.11. The van der Waals surface area contributed by atoms with Gasteiger partial charge in [0, 0.05) is 10.8 Å². The maximum atomic E-state index is 12.6. The van der Waals surface area contributed by atoms with E-state index in [0.29, 0.717) is 11.5 Å². The van der Waals surface area contributed by atoms with Crippen LogP contribution in [0.5, 0.6) is 0 Å². The Morgan fingerprint density at radius 2 is 2.00 bits per heavy atom. The van der Waals surface area contributed by atoms with Gasteiger partial charge in [0.25, 0.3) is 0 Å². The van der Waals surface area contributed by atoms with Crippen LogP contribution in [0, 0.1) is 0 Å². The van der Waals surface area contributed by atoms with Crippen molar-refractivity contribution in [2.24, 2.45) is 0 Å². The molecule has 23 heavy (non-hydrogen) atoms. The summed E-state index contributed by atoms with van der Waals surface area (Å²) in [6, 6.07) is 0. The Morgan fingerprint density at radius 3 is 2.57 bits per heavy atom. The van der Waals surface area contributed by atoms with Gasteiger partial charge in [-0.3, -0.25) is 0 Å². The van der Waals surface area contributed by atoms with E-state index < -0.39 is 15.1 Å². The topological polar surface area (TPSA) is 86.0 Å². The molecule has 0 aliphatic carbocycles. The molecule has 2 rings (SSSR count). The third-order valence-corrected chi connectivity index (χ3v) is 6.35. The lowest BCUT2D eigenvalue weighted by atomic mass is 9.96. The normalized spacial score (nSPS) is 14.1. The first-order valence-electron chi connectivity index (χ1n) is 7.62. The van der Waals surface area contributed by atoms with Gasteiger partial charge >= 0.3 is 0 Å². The molecule has 0 saturated carbocycles. The zero-order chi connectivity index (χ0) is 17.3. The van der Waals surface area contributed by atoms with Gasteiger partial charge in [-0.25, -0.2) is 13.4 Å². The summed E-state index contributed by atoms with van der Waals surface area (Å²) in [5, 5.41) is 5.83. The predicted molar refractivity (Wildman–Crippen MR) is 90.1 cm³/mol. The van der Waals surface area contributed by atoms with Gasteiger partial charge < -0.3 is 4.52 Å². The summed E-state index contributed by atoms with van der Waals surface area (Å²) >= 11 is 1.50. The summed E-state index contributed by atoms with van der Waals surface area (Å²) in [5.74, 6) is 0.536. The standard InChI is InChI=1S/C15H23N3O3S2/c1-6-7-12-16-11(8-22-12)9-23(19,20)10(2)13-17-14(18-21-13)15(3,4)5/h8,10H,6-7,9H2,1-5H3. The zero-order valence-corrected chi connectivity index (χ0v) is 15.8. The average molecular weight is 358 g/mol. The van der Waals surface area contributed by atoms with E-state index in [0.717, 1.165) is 17.8 Å². The van der Waals surface area contributed by atoms with E-state index in [2.05, 4.69) is 22.0 Å². The van der Waals surface area contributed by atoms with Crippen LogP contribution in [0.15, 0.2) is 9.90 Å². The molecule has 0 saturated heterocycles. The van der Waals surface area contributed by atoms with Crippen LogP contribution in [0.2, 0.25) is 0 Å². The summed E-state index contributed by atoms with van der Waals surface area (Å²) in [6.45, 7) is 9.50. The van der Waals surface area contributed by atoms with E-state index in [1.54, 1.807) is 6.92 Å². The van der Waals surface area contributed by atoms with Crippen molar-refractivity contribution >= 4 is 21.2 Å². The van der Waals surface area contributed by atoms with Gasteiger partial charge in [0.2, 0.25) is 5.89 Å². The van der Waals surface area contributed by atoms with Crippen LogP contribution in [-0.2, 0) is 27.4 Å². The molecular formula is C15H23N3O3S2. The largest absolute Gasteiger partial charge is 0.338 e. The van der Waals surface area contributed by atoms with Crippen LogP contribution in [0.4, 0.5) is 0 Å². The molecule has 2 heterocycles. The Balaban J connectivity index is 2.16. The number of hydrogen-bond acceptors (Lipinski definition) is 7. The average Bonchev–Trinajstić information content (AvgIpc) is 3.06. The molecule has 2 aromatic heterocycles. The highest BCUT2D eigenvalue weighted by Gasteiger charge is 2.31. The minimum Gasteiger partial charge on any atom is -0.338 e. The van der Waals surface area contributed by atoms with E-state index >= 15 is 0 Å². The third kappa shape index (κ3) is 4.38. The summed E-state index contributed by atoms with van der Waals surface area (Å²) in [6.07, 6.45) is 1.87. The quantitative estimate of drug-likeness (QED) is 0.787. The van der Waals surface area contributed by atoms with Crippen molar-refractivity contribution in [1.29, 1.82) is 0 Å². The number of hydrogen-bond donors (Lipinski definition) is 0. The van der Waals surface area contributed by atoms with Crippen molar-refractivity contribution in [3.8, 4) is 0 Å². The molecule has 0 N–H and O–H groups in total. The second-order valence-electron chi connectivity index (χ2n) is 6.64. The van der Waals surface area contributed by atoms with Gasteiger partial charge in [0.05, 0.1) is 16.5 Å². The molecule has 6 nitrogen and oxygen atoms in total. The van der Waals surface area contributed by atoms with Crippen molar-refractivity contribution in [2.75, 3.05) is 0 Å². The molecule has 8 heteroatoms. The summed E-state index contributed by atoms with van der Waals surface area (Å²) in [5.41, 5.74) is 0.302. The van der Waals surface area contributed by atoms with E-state index in [9.17, 15) is 8.42 Å². The number of sulfone groups is 1. The number of aromatic nitrogens is 3. The van der Waals surface area contributed by atoms with E-state index in [4.69, 9.17) is 4.52 Å². The number of thiazole rings is 1. The van der Waals surface area contributed by atoms with Gasteiger partial charge in [0.15, 0.2) is 15.7 Å². The number of nitrogens with zero attached hydrogens (tertiary/aromatic N) is 3. The Hall–Kier alpha value is -1.28. The maximum absolute atomic E-state index is 12.6. The Morgan fingerprint density at radius 1 is 1.30 bits per heavy atom. The molecule has 128 valence electrons. The van der Waals surface area contributed by atoms with Crippen LogP contribution >= 0.6 is 11.3 Å². The number of rotatable bonds is 6. The molecule has 1 unspecified atom stereocenters. The van der Waals surface area contributed by atoms with Gasteiger partial charge in [0.1, 0.15) is 5.25 Å². The minimum atomic E-state index is -3.45. The van der Waals surface area contributed by atoms with Crippen LogP contribution in [0.25, 0.3) is 0 Å². The van der Waals surface area contributed by atoms with Crippen molar-refractivity contribution in [3.63, 3.8) is 0 Å². The first-order chi connectivity index (χ1) is 10.6. The highest BCUT2D eigenvalue weighted by molar-refractivity contribution is 7.90. The van der Waals surface area contributed by atoms with Crippen molar-refractivity contribution in [1.82, 2.24) is 15.1 Å². The van der Waals surface area contributed by atoms with E-state index in [1.165, 1.54) is 11.3 Å². The molecule has 0 spiro atoms. The van der Waals surface area contributed by atoms with Crippen LogP contribution in [0.1, 0.15) is 68.7 Å². The van der Waals surface area contributed by atoms with Crippen molar-refractivity contribution in [2.45, 2.75) is 63.9 Å². The lowest BCUT2D eigenvalue weighted by Crippen LogP contribution is -2.16. The first kappa shape index (κ1) is 18.1. The Kier molecular flexibility index (Phi) is 5.25. The maximum Gasteiger partial charge on any atom is 0.244 e. The molecule has 0 aliphatic heterocycles. The van der Waals surface area contributed by atoms with Gasteiger partial charge in [-0.1, -0.05) is 32.9 Å². The van der Waals surface area contributed by atoms with Gasteiger partial charge in [-0.15, -0.1) is 11.3 Å². The van der Waals surface area contributed by atoms with Crippen LogP contribution < -0.4 is 0 Å². The lowest BCUT2D eigenvalue weighted by molar-refractivity contribution is 0.361. The van der Waals surface area contributed by atoms with Crippen LogP contribution in [0.3, 0.4) is 0 Å². The fourth-order valence-corrected chi connectivity index (χ4v) is 4.15. The predicted octanol–water partition coefficient (Wildman–Crippen LogP) is 3.45.